The van der Waals surface area contributed by atoms with Crippen molar-refractivity contribution in [1.29, 1.82) is 0 Å². The van der Waals surface area contributed by atoms with Gasteiger partial charge in [-0.05, 0) is 0 Å². The van der Waals surface area contributed by atoms with E-state index in [4.69, 9.17) is 10.5 Å². The summed E-state index contributed by atoms with van der Waals surface area (Å²) in [7, 11) is 0. The van der Waals surface area contributed by atoms with Crippen molar-refractivity contribution in [2.75, 3.05) is 39.3 Å². The number of carbonyl (C=O) groups is 1. The van der Waals surface area contributed by atoms with E-state index in [1.807, 2.05) is 4.90 Å². The van der Waals surface area contributed by atoms with Crippen LogP contribution in [-0.4, -0.2) is 56.2 Å². The van der Waals surface area contributed by atoms with E-state index in [-0.39, 0.29) is 17.9 Å². The van der Waals surface area contributed by atoms with E-state index < -0.39 is 0 Å². The standard InChI is InChI=1S/C9H17N3O2/c10-3-8-6-12(1-2-14-8)9(13)7-4-11-5-7/h7-8,11H,1-6,10H2. The topological polar surface area (TPSA) is 67.6 Å². The summed E-state index contributed by atoms with van der Waals surface area (Å²) >= 11 is 0. The molecule has 2 heterocycles. The molecule has 1 amide bonds. The van der Waals surface area contributed by atoms with Crippen LogP contribution >= 0.6 is 0 Å². The Bertz CT molecular complexity index is 218. The molecule has 0 bridgehead atoms. The second-order valence-corrected chi connectivity index (χ2v) is 3.87. The molecule has 0 aromatic rings. The lowest BCUT2D eigenvalue weighted by molar-refractivity contribution is -0.144. The zero-order chi connectivity index (χ0) is 9.97. The van der Waals surface area contributed by atoms with Crippen LogP contribution in [0.1, 0.15) is 0 Å². The highest BCUT2D eigenvalue weighted by Gasteiger charge is 2.31. The summed E-state index contributed by atoms with van der Waals surface area (Å²) in [6.07, 6.45) is 0.0285. The molecule has 0 aromatic carbocycles. The first kappa shape index (κ1) is 9.89. The molecular weight excluding hydrogens is 182 g/mol. The summed E-state index contributed by atoms with van der Waals surface area (Å²) in [6.45, 7) is 4.13. The number of amides is 1. The Kier molecular flexibility index (Phi) is 3.00. The van der Waals surface area contributed by atoms with Crippen LogP contribution in [0.25, 0.3) is 0 Å². The van der Waals surface area contributed by atoms with Gasteiger partial charge in [-0.3, -0.25) is 4.79 Å². The number of nitrogens with two attached hydrogens (primary N) is 1. The molecule has 0 aliphatic carbocycles. The fraction of sp³-hybridized carbons (Fsp3) is 0.889. The average Bonchev–Trinajstić information content (AvgIpc) is 2.15. The minimum Gasteiger partial charge on any atom is -0.373 e. The van der Waals surface area contributed by atoms with Crippen LogP contribution in [0.5, 0.6) is 0 Å². The average molecular weight is 199 g/mol. The normalized spacial score (nSPS) is 28.6. The van der Waals surface area contributed by atoms with Crippen molar-refractivity contribution in [2.24, 2.45) is 11.7 Å². The number of nitrogens with zero attached hydrogens (tertiary/aromatic N) is 1. The zero-order valence-corrected chi connectivity index (χ0v) is 8.24. The van der Waals surface area contributed by atoms with Gasteiger partial charge < -0.3 is 20.7 Å². The maximum Gasteiger partial charge on any atom is 0.228 e. The third-order valence-corrected chi connectivity index (χ3v) is 2.84. The molecule has 2 fully saturated rings. The van der Waals surface area contributed by atoms with Crippen LogP contribution in [0, 0.1) is 5.92 Å². The van der Waals surface area contributed by atoms with Crippen molar-refractivity contribution < 1.29 is 9.53 Å². The van der Waals surface area contributed by atoms with Gasteiger partial charge >= 0.3 is 0 Å². The number of hydrogen-bond acceptors (Lipinski definition) is 4. The number of carbonyl (C=O) groups excluding carboxylic acids is 1. The third-order valence-electron chi connectivity index (χ3n) is 2.84. The van der Waals surface area contributed by atoms with Gasteiger partial charge in [-0.15, -0.1) is 0 Å². The second-order valence-electron chi connectivity index (χ2n) is 3.87. The van der Waals surface area contributed by atoms with Gasteiger partial charge in [0.05, 0.1) is 18.6 Å². The van der Waals surface area contributed by atoms with Crippen LogP contribution in [0.4, 0.5) is 0 Å². The minimum atomic E-state index is 0.0285. The van der Waals surface area contributed by atoms with Crippen molar-refractivity contribution in [3.63, 3.8) is 0 Å². The highest BCUT2D eigenvalue weighted by atomic mass is 16.5. The van der Waals surface area contributed by atoms with Crippen molar-refractivity contribution in [3.05, 3.63) is 0 Å². The Morgan fingerprint density at radius 3 is 2.93 bits per heavy atom. The quantitative estimate of drug-likeness (QED) is 0.561. The van der Waals surface area contributed by atoms with Gasteiger partial charge in [-0.2, -0.15) is 0 Å². The molecule has 0 radical (unpaired) electrons. The van der Waals surface area contributed by atoms with Crippen molar-refractivity contribution >= 4 is 5.91 Å². The predicted molar refractivity (Wildman–Crippen MR) is 51.7 cm³/mol. The first-order valence-electron chi connectivity index (χ1n) is 5.12. The van der Waals surface area contributed by atoms with Crippen molar-refractivity contribution in [2.45, 2.75) is 6.10 Å². The Hall–Kier alpha value is -0.650. The van der Waals surface area contributed by atoms with Crippen molar-refractivity contribution in [1.82, 2.24) is 10.2 Å². The Labute approximate surface area is 83.6 Å². The summed E-state index contributed by atoms with van der Waals surface area (Å²) in [4.78, 5) is 13.7. The molecule has 2 saturated heterocycles. The minimum absolute atomic E-state index is 0.0285. The summed E-state index contributed by atoms with van der Waals surface area (Å²) in [5.74, 6) is 0.442. The lowest BCUT2D eigenvalue weighted by Crippen LogP contribution is -2.56. The van der Waals surface area contributed by atoms with Crippen LogP contribution in [0.3, 0.4) is 0 Å². The number of ether oxygens (including phenoxy) is 1. The van der Waals surface area contributed by atoms with E-state index in [0.29, 0.717) is 26.2 Å². The van der Waals surface area contributed by atoms with Gasteiger partial charge in [0.15, 0.2) is 0 Å². The van der Waals surface area contributed by atoms with Gasteiger partial charge in [0.2, 0.25) is 5.91 Å². The van der Waals surface area contributed by atoms with E-state index in [0.717, 1.165) is 13.1 Å². The molecule has 1 unspecified atom stereocenters. The Balaban J connectivity index is 1.86. The molecule has 2 aliphatic heterocycles. The van der Waals surface area contributed by atoms with Gasteiger partial charge in [0, 0.05) is 32.7 Å². The fourth-order valence-electron chi connectivity index (χ4n) is 1.78. The molecule has 14 heavy (non-hydrogen) atoms. The monoisotopic (exact) mass is 199 g/mol. The highest BCUT2D eigenvalue weighted by Crippen LogP contribution is 2.12. The lowest BCUT2D eigenvalue weighted by Gasteiger charge is -2.37. The first-order valence-corrected chi connectivity index (χ1v) is 5.12. The smallest absolute Gasteiger partial charge is 0.228 e. The van der Waals surface area contributed by atoms with E-state index in [1.165, 1.54) is 0 Å². The SMILES string of the molecule is NCC1CN(C(=O)C2CNC2)CCO1. The lowest BCUT2D eigenvalue weighted by atomic mass is 10.0. The largest absolute Gasteiger partial charge is 0.373 e. The molecule has 80 valence electrons. The Morgan fingerprint density at radius 1 is 1.57 bits per heavy atom. The van der Waals surface area contributed by atoms with E-state index >= 15 is 0 Å². The van der Waals surface area contributed by atoms with Crippen LogP contribution in [0.2, 0.25) is 0 Å². The van der Waals surface area contributed by atoms with Crippen LogP contribution in [-0.2, 0) is 9.53 Å². The summed E-state index contributed by atoms with van der Waals surface area (Å²) < 4.78 is 5.40. The van der Waals surface area contributed by atoms with Crippen LogP contribution in [0.15, 0.2) is 0 Å². The number of morpholine rings is 1. The maximum absolute atomic E-state index is 11.8. The molecule has 5 nitrogen and oxygen atoms in total. The second kappa shape index (κ2) is 4.25. The zero-order valence-electron chi connectivity index (χ0n) is 8.24. The molecular formula is C9H17N3O2. The number of rotatable bonds is 2. The van der Waals surface area contributed by atoms with Crippen molar-refractivity contribution in [3.8, 4) is 0 Å². The van der Waals surface area contributed by atoms with Crippen LogP contribution < -0.4 is 11.1 Å². The Morgan fingerprint density at radius 2 is 2.36 bits per heavy atom. The van der Waals surface area contributed by atoms with E-state index in [2.05, 4.69) is 5.32 Å². The first-order chi connectivity index (χ1) is 6.81. The molecule has 5 heteroatoms. The maximum atomic E-state index is 11.8. The van der Waals surface area contributed by atoms with E-state index in [9.17, 15) is 4.79 Å². The van der Waals surface area contributed by atoms with Gasteiger partial charge in [0.1, 0.15) is 0 Å². The summed E-state index contributed by atoms with van der Waals surface area (Å²) in [5.41, 5.74) is 5.51. The molecule has 2 aliphatic rings. The predicted octanol–water partition coefficient (Wildman–Crippen LogP) is -1.61. The molecule has 0 saturated carbocycles. The molecule has 2 rings (SSSR count). The van der Waals surface area contributed by atoms with Gasteiger partial charge in [-0.1, -0.05) is 0 Å². The molecule has 0 aromatic heterocycles. The molecule has 3 N–H and O–H groups in total. The molecule has 1 atom stereocenters. The van der Waals surface area contributed by atoms with Gasteiger partial charge in [-0.25, -0.2) is 0 Å². The summed E-state index contributed by atoms with van der Waals surface area (Å²) in [5, 5.41) is 3.10. The highest BCUT2D eigenvalue weighted by molar-refractivity contribution is 5.80. The van der Waals surface area contributed by atoms with E-state index in [1.54, 1.807) is 0 Å². The van der Waals surface area contributed by atoms with Gasteiger partial charge in [0.25, 0.3) is 0 Å². The third kappa shape index (κ3) is 1.89. The number of hydrogen-bond donors (Lipinski definition) is 2. The summed E-state index contributed by atoms with van der Waals surface area (Å²) in [6, 6.07) is 0. The fourth-order valence-corrected chi connectivity index (χ4v) is 1.78. The molecule has 0 spiro atoms. The number of nitrogens with one attached hydrogen (secondary N) is 1.